The number of hydrogen-bond acceptors (Lipinski definition) is 2. The molecule has 0 bridgehead atoms. The van der Waals surface area contributed by atoms with E-state index in [1.807, 2.05) is 18.2 Å². The van der Waals surface area contributed by atoms with Gasteiger partial charge in [0.2, 0.25) is 0 Å². The average molecular weight is 267 g/mol. The number of hydrogen-bond donors (Lipinski definition) is 1. The Morgan fingerprint density at radius 1 is 1.15 bits per heavy atom. The Morgan fingerprint density at radius 2 is 1.80 bits per heavy atom. The van der Waals surface area contributed by atoms with Crippen molar-refractivity contribution >= 4 is 17.9 Å². The van der Waals surface area contributed by atoms with Crippen LogP contribution < -0.4 is 0 Å². The lowest BCUT2D eigenvalue weighted by Gasteiger charge is -2.08. The lowest BCUT2D eigenvalue weighted by atomic mass is 9.99. The standard InChI is InChI=1S/C17H17NO2/c1-13(14-7-3-2-4-8-14)11-12-18-16-10-6-5-9-15(16)17(19)20/h2-10,12-13H,11H2,1H3,(H,19,20)/b18-12+. The number of aliphatic imine (C=N–C) groups is 1. The molecule has 0 fully saturated rings. The van der Waals surface area contributed by atoms with Crippen molar-refractivity contribution in [2.24, 2.45) is 4.99 Å². The van der Waals surface area contributed by atoms with Gasteiger partial charge in [-0.05, 0) is 30.0 Å². The summed E-state index contributed by atoms with van der Waals surface area (Å²) in [6, 6.07) is 17.0. The molecule has 2 rings (SSSR count). The fourth-order valence-corrected chi connectivity index (χ4v) is 1.99. The second-order valence-corrected chi connectivity index (χ2v) is 4.68. The molecule has 0 saturated carbocycles. The van der Waals surface area contributed by atoms with E-state index in [4.69, 9.17) is 5.11 Å². The first-order chi connectivity index (χ1) is 9.68. The van der Waals surface area contributed by atoms with E-state index >= 15 is 0 Å². The number of carbonyl (C=O) groups is 1. The summed E-state index contributed by atoms with van der Waals surface area (Å²) in [6.07, 6.45) is 2.57. The van der Waals surface area contributed by atoms with Crippen LogP contribution in [0.3, 0.4) is 0 Å². The summed E-state index contributed by atoms with van der Waals surface area (Å²) in [4.78, 5) is 15.4. The maximum absolute atomic E-state index is 11.1. The summed E-state index contributed by atoms with van der Waals surface area (Å²) in [5, 5.41) is 9.08. The van der Waals surface area contributed by atoms with E-state index < -0.39 is 5.97 Å². The second kappa shape index (κ2) is 6.66. The topological polar surface area (TPSA) is 49.7 Å². The van der Waals surface area contributed by atoms with Crippen LogP contribution >= 0.6 is 0 Å². The molecular formula is C17H17NO2. The molecule has 20 heavy (non-hydrogen) atoms. The van der Waals surface area contributed by atoms with Crippen molar-refractivity contribution in [1.29, 1.82) is 0 Å². The molecular weight excluding hydrogens is 250 g/mol. The molecule has 1 unspecified atom stereocenters. The zero-order valence-electron chi connectivity index (χ0n) is 11.4. The highest BCUT2D eigenvalue weighted by Gasteiger charge is 2.07. The minimum absolute atomic E-state index is 0.233. The van der Waals surface area contributed by atoms with Crippen LogP contribution in [-0.4, -0.2) is 17.3 Å². The fourth-order valence-electron chi connectivity index (χ4n) is 1.99. The smallest absolute Gasteiger partial charge is 0.337 e. The summed E-state index contributed by atoms with van der Waals surface area (Å²) in [5.41, 5.74) is 1.99. The Bertz CT molecular complexity index is 605. The Kier molecular flexibility index (Phi) is 4.66. The normalized spacial score (nSPS) is 12.4. The molecule has 2 aromatic rings. The molecule has 0 spiro atoms. The molecule has 0 aliphatic heterocycles. The summed E-state index contributed by atoms with van der Waals surface area (Å²) in [7, 11) is 0. The largest absolute Gasteiger partial charge is 0.478 e. The zero-order chi connectivity index (χ0) is 14.4. The van der Waals surface area contributed by atoms with Crippen molar-refractivity contribution < 1.29 is 9.90 Å². The van der Waals surface area contributed by atoms with Crippen LogP contribution in [0.25, 0.3) is 0 Å². The van der Waals surface area contributed by atoms with Gasteiger partial charge in [0.25, 0.3) is 0 Å². The van der Waals surface area contributed by atoms with Crippen molar-refractivity contribution in [2.45, 2.75) is 19.3 Å². The molecule has 0 aliphatic carbocycles. The van der Waals surface area contributed by atoms with E-state index in [0.717, 1.165) is 6.42 Å². The van der Waals surface area contributed by atoms with E-state index in [2.05, 4.69) is 24.0 Å². The third-order valence-corrected chi connectivity index (χ3v) is 3.19. The molecule has 0 saturated heterocycles. The van der Waals surface area contributed by atoms with Gasteiger partial charge in [-0.3, -0.25) is 4.99 Å². The van der Waals surface area contributed by atoms with Crippen LogP contribution in [0.4, 0.5) is 5.69 Å². The fraction of sp³-hybridized carbons (Fsp3) is 0.176. The number of nitrogens with zero attached hydrogens (tertiary/aromatic N) is 1. The molecule has 0 amide bonds. The molecule has 2 aromatic carbocycles. The maximum atomic E-state index is 11.1. The number of para-hydroxylation sites is 1. The Labute approximate surface area is 118 Å². The number of aromatic carboxylic acids is 1. The van der Waals surface area contributed by atoms with Gasteiger partial charge in [0, 0.05) is 6.21 Å². The SMILES string of the molecule is CC(C/C=N/c1ccccc1C(=O)O)c1ccccc1. The number of carboxylic acid groups (broad SMARTS) is 1. The lowest BCUT2D eigenvalue weighted by molar-refractivity contribution is 0.0698. The number of carboxylic acids is 1. The van der Waals surface area contributed by atoms with Crippen LogP contribution in [0.2, 0.25) is 0 Å². The van der Waals surface area contributed by atoms with E-state index in [1.165, 1.54) is 5.56 Å². The molecule has 1 atom stereocenters. The van der Waals surface area contributed by atoms with Gasteiger partial charge in [0.15, 0.2) is 0 Å². The molecule has 3 heteroatoms. The highest BCUT2D eigenvalue weighted by Crippen LogP contribution is 2.20. The van der Waals surface area contributed by atoms with Crippen LogP contribution in [0, 0.1) is 0 Å². The average Bonchev–Trinajstić information content (AvgIpc) is 2.48. The summed E-state index contributed by atoms with van der Waals surface area (Å²) >= 11 is 0. The predicted octanol–water partition coefficient (Wildman–Crippen LogP) is 4.28. The quantitative estimate of drug-likeness (QED) is 0.822. The highest BCUT2D eigenvalue weighted by molar-refractivity contribution is 5.94. The molecule has 1 N–H and O–H groups in total. The molecule has 3 nitrogen and oxygen atoms in total. The lowest BCUT2D eigenvalue weighted by Crippen LogP contribution is -1.97. The second-order valence-electron chi connectivity index (χ2n) is 4.68. The van der Waals surface area contributed by atoms with Crippen molar-refractivity contribution in [2.75, 3.05) is 0 Å². The first-order valence-corrected chi connectivity index (χ1v) is 6.58. The highest BCUT2D eigenvalue weighted by atomic mass is 16.4. The third-order valence-electron chi connectivity index (χ3n) is 3.19. The summed E-state index contributed by atoms with van der Waals surface area (Å²) in [5.74, 6) is -0.592. The van der Waals surface area contributed by atoms with E-state index in [-0.39, 0.29) is 5.56 Å². The van der Waals surface area contributed by atoms with Crippen molar-refractivity contribution in [3.05, 3.63) is 65.7 Å². The van der Waals surface area contributed by atoms with Crippen molar-refractivity contribution in [1.82, 2.24) is 0 Å². The number of rotatable bonds is 5. The minimum Gasteiger partial charge on any atom is -0.478 e. The maximum Gasteiger partial charge on any atom is 0.337 e. The molecule has 0 aliphatic rings. The van der Waals surface area contributed by atoms with Gasteiger partial charge < -0.3 is 5.11 Å². The Hall–Kier alpha value is -2.42. The van der Waals surface area contributed by atoms with Gasteiger partial charge in [0.05, 0.1) is 11.3 Å². The zero-order valence-corrected chi connectivity index (χ0v) is 11.4. The predicted molar refractivity (Wildman–Crippen MR) is 81.0 cm³/mol. The van der Waals surface area contributed by atoms with E-state index in [1.54, 1.807) is 30.5 Å². The van der Waals surface area contributed by atoms with E-state index in [0.29, 0.717) is 11.6 Å². The van der Waals surface area contributed by atoms with E-state index in [9.17, 15) is 4.79 Å². The Balaban J connectivity index is 2.06. The molecule has 0 aromatic heterocycles. The first-order valence-electron chi connectivity index (χ1n) is 6.58. The summed E-state index contributed by atoms with van der Waals surface area (Å²) < 4.78 is 0. The van der Waals surface area contributed by atoms with Crippen LogP contribution in [0.15, 0.2) is 59.6 Å². The molecule has 0 heterocycles. The van der Waals surface area contributed by atoms with Crippen LogP contribution in [0.1, 0.15) is 35.2 Å². The summed E-state index contributed by atoms with van der Waals surface area (Å²) in [6.45, 7) is 2.13. The van der Waals surface area contributed by atoms with Crippen LogP contribution in [-0.2, 0) is 0 Å². The minimum atomic E-state index is -0.950. The van der Waals surface area contributed by atoms with Crippen LogP contribution in [0.5, 0.6) is 0 Å². The third kappa shape index (κ3) is 3.54. The monoisotopic (exact) mass is 267 g/mol. The Morgan fingerprint density at radius 3 is 2.50 bits per heavy atom. The van der Waals surface area contributed by atoms with Crippen molar-refractivity contribution in [3.63, 3.8) is 0 Å². The van der Waals surface area contributed by atoms with Gasteiger partial charge in [-0.1, -0.05) is 49.4 Å². The van der Waals surface area contributed by atoms with Gasteiger partial charge in [0.1, 0.15) is 0 Å². The van der Waals surface area contributed by atoms with Gasteiger partial charge in [-0.2, -0.15) is 0 Å². The first kappa shape index (κ1) is 14.0. The van der Waals surface area contributed by atoms with Gasteiger partial charge >= 0.3 is 5.97 Å². The number of benzene rings is 2. The molecule has 102 valence electrons. The molecule has 0 radical (unpaired) electrons. The van der Waals surface area contributed by atoms with Gasteiger partial charge in [-0.15, -0.1) is 0 Å². The van der Waals surface area contributed by atoms with Crippen molar-refractivity contribution in [3.8, 4) is 0 Å². The van der Waals surface area contributed by atoms with Gasteiger partial charge in [-0.25, -0.2) is 4.79 Å².